The van der Waals surface area contributed by atoms with E-state index in [1.165, 1.54) is 0 Å². The van der Waals surface area contributed by atoms with Crippen molar-refractivity contribution in [1.82, 2.24) is 24.2 Å². The van der Waals surface area contributed by atoms with Crippen molar-refractivity contribution in [1.29, 1.82) is 0 Å². The zero-order valence-corrected chi connectivity index (χ0v) is 23.7. The molecule has 8 nitrogen and oxygen atoms in total. The third-order valence-electron chi connectivity index (χ3n) is 7.06. The van der Waals surface area contributed by atoms with E-state index in [0.717, 1.165) is 38.8 Å². The molecule has 0 radical (unpaired) electrons. The van der Waals surface area contributed by atoms with Gasteiger partial charge in [-0.15, -0.1) is 0 Å². The zero-order chi connectivity index (χ0) is 28.0. The van der Waals surface area contributed by atoms with Gasteiger partial charge in [-0.3, -0.25) is 14.2 Å². The molecule has 0 spiro atoms. The highest BCUT2D eigenvalue weighted by atomic mass is 35.5. The maximum absolute atomic E-state index is 13.4. The molecule has 0 aliphatic carbocycles. The van der Waals surface area contributed by atoms with Crippen LogP contribution in [0.15, 0.2) is 59.5 Å². The molecule has 9 heteroatoms. The molecule has 2 aromatic carbocycles. The van der Waals surface area contributed by atoms with Crippen LogP contribution in [0.25, 0.3) is 33.1 Å². The van der Waals surface area contributed by atoms with Gasteiger partial charge in [-0.1, -0.05) is 29.8 Å². The molecular weight excluding hydrogens is 512 g/mol. The molecule has 5 aromatic rings. The summed E-state index contributed by atoms with van der Waals surface area (Å²) in [5, 5.41) is 11.0. The summed E-state index contributed by atoms with van der Waals surface area (Å²) in [6.45, 7) is 6.75. The van der Waals surface area contributed by atoms with Gasteiger partial charge in [-0.25, -0.2) is 9.67 Å². The van der Waals surface area contributed by atoms with Gasteiger partial charge in [0.05, 0.1) is 17.6 Å². The smallest absolute Gasteiger partial charge is 0.259 e. The Hall–Kier alpha value is -4.17. The Kier molecular flexibility index (Phi) is 6.91. The topological polar surface area (TPSA) is 85.1 Å². The summed E-state index contributed by atoms with van der Waals surface area (Å²) in [7, 11) is 5.25. The molecule has 0 saturated heterocycles. The van der Waals surface area contributed by atoms with Crippen LogP contribution in [-0.4, -0.2) is 44.2 Å². The van der Waals surface area contributed by atoms with E-state index in [0.29, 0.717) is 28.3 Å². The molecule has 39 heavy (non-hydrogen) atoms. The summed E-state index contributed by atoms with van der Waals surface area (Å²) in [5.41, 5.74) is 5.64. The fourth-order valence-corrected chi connectivity index (χ4v) is 5.30. The van der Waals surface area contributed by atoms with Gasteiger partial charge < -0.3 is 10.2 Å². The largest absolute Gasteiger partial charge is 0.377 e. The van der Waals surface area contributed by atoms with Crippen molar-refractivity contribution >= 4 is 45.0 Å². The predicted octanol–water partition coefficient (Wildman–Crippen LogP) is 5.81. The molecule has 1 unspecified atom stereocenters. The number of rotatable bonds is 6. The molecule has 200 valence electrons. The van der Waals surface area contributed by atoms with E-state index < -0.39 is 0 Å². The van der Waals surface area contributed by atoms with Crippen LogP contribution in [0, 0.1) is 6.92 Å². The Morgan fingerprint density at radius 2 is 1.82 bits per heavy atom. The van der Waals surface area contributed by atoms with E-state index in [9.17, 15) is 9.59 Å². The average molecular weight is 543 g/mol. The fourth-order valence-electron chi connectivity index (χ4n) is 5.15. The van der Waals surface area contributed by atoms with Crippen LogP contribution in [0.2, 0.25) is 5.15 Å². The number of nitrogens with one attached hydrogen (secondary N) is 1. The first kappa shape index (κ1) is 26.4. The van der Waals surface area contributed by atoms with Crippen molar-refractivity contribution in [3.05, 3.63) is 86.9 Å². The van der Waals surface area contributed by atoms with Crippen molar-refractivity contribution in [2.24, 2.45) is 7.05 Å². The SMILES string of the molecule is CCn1ncc2c3c(C(C)Nc4ccc(Cl)nc4-c4ccc(C(=O)N(C)C)cc4)cc(C)cc3c(=O)n(C)c21. The second kappa shape index (κ2) is 10.2. The normalized spacial score (nSPS) is 12.2. The lowest BCUT2D eigenvalue weighted by molar-refractivity contribution is 0.0827. The molecule has 3 heterocycles. The number of nitrogens with zero attached hydrogens (tertiary/aromatic N) is 5. The number of pyridine rings is 2. The Bertz CT molecular complexity index is 1790. The van der Waals surface area contributed by atoms with Crippen molar-refractivity contribution < 1.29 is 4.79 Å². The maximum atomic E-state index is 13.4. The Morgan fingerprint density at radius 1 is 1.10 bits per heavy atom. The van der Waals surface area contributed by atoms with E-state index in [1.807, 2.05) is 49.0 Å². The third-order valence-corrected chi connectivity index (χ3v) is 7.27. The highest BCUT2D eigenvalue weighted by molar-refractivity contribution is 6.29. The molecule has 1 atom stereocenters. The number of benzene rings is 2. The van der Waals surface area contributed by atoms with Crippen LogP contribution in [-0.2, 0) is 13.6 Å². The number of anilines is 1. The number of halogens is 1. The van der Waals surface area contributed by atoms with Crippen LogP contribution in [0.4, 0.5) is 5.69 Å². The lowest BCUT2D eigenvalue weighted by Gasteiger charge is -2.21. The van der Waals surface area contributed by atoms with Crippen molar-refractivity contribution in [3.63, 3.8) is 0 Å². The van der Waals surface area contributed by atoms with Gasteiger partial charge in [-0.2, -0.15) is 5.10 Å². The van der Waals surface area contributed by atoms with Crippen LogP contribution in [0.1, 0.15) is 41.4 Å². The number of hydrogen-bond donors (Lipinski definition) is 1. The number of fused-ring (bicyclic) bond motifs is 3. The number of aromatic nitrogens is 4. The average Bonchev–Trinajstić information content (AvgIpc) is 3.36. The number of carbonyl (C=O) groups excluding carboxylic acids is 1. The van der Waals surface area contributed by atoms with Gasteiger partial charge in [0.15, 0.2) is 0 Å². The third kappa shape index (κ3) is 4.65. The van der Waals surface area contributed by atoms with Crippen molar-refractivity contribution in [3.8, 4) is 11.3 Å². The quantitative estimate of drug-likeness (QED) is 0.274. The lowest BCUT2D eigenvalue weighted by atomic mass is 9.95. The number of carbonyl (C=O) groups is 1. The first-order valence-corrected chi connectivity index (χ1v) is 13.2. The van der Waals surface area contributed by atoms with Gasteiger partial charge in [0.25, 0.3) is 11.5 Å². The number of hydrogen-bond acceptors (Lipinski definition) is 5. The van der Waals surface area contributed by atoms with Gasteiger partial charge in [0, 0.05) is 61.0 Å². The van der Waals surface area contributed by atoms with Crippen LogP contribution in [0.5, 0.6) is 0 Å². The summed E-state index contributed by atoms with van der Waals surface area (Å²) in [5.74, 6) is -0.0669. The summed E-state index contributed by atoms with van der Waals surface area (Å²) >= 11 is 6.31. The van der Waals surface area contributed by atoms with Crippen molar-refractivity contribution in [2.45, 2.75) is 33.4 Å². The highest BCUT2D eigenvalue weighted by Gasteiger charge is 2.20. The summed E-state index contributed by atoms with van der Waals surface area (Å²) < 4.78 is 3.53. The second-order valence-corrected chi connectivity index (χ2v) is 10.4. The number of aryl methyl sites for hydroxylation is 3. The minimum absolute atomic E-state index is 0.0499. The molecule has 0 fully saturated rings. The van der Waals surface area contributed by atoms with E-state index >= 15 is 0 Å². The van der Waals surface area contributed by atoms with Crippen molar-refractivity contribution in [2.75, 3.05) is 19.4 Å². The zero-order valence-electron chi connectivity index (χ0n) is 22.9. The van der Waals surface area contributed by atoms with Gasteiger partial charge >= 0.3 is 0 Å². The van der Waals surface area contributed by atoms with Crippen LogP contribution in [0.3, 0.4) is 0 Å². The van der Waals surface area contributed by atoms with E-state index in [4.69, 9.17) is 11.6 Å². The van der Waals surface area contributed by atoms with Gasteiger partial charge in [0.1, 0.15) is 10.8 Å². The molecule has 0 saturated carbocycles. The first-order chi connectivity index (χ1) is 18.6. The summed E-state index contributed by atoms with van der Waals surface area (Å²) in [4.78, 5) is 31.9. The maximum Gasteiger partial charge on any atom is 0.259 e. The first-order valence-electron chi connectivity index (χ1n) is 12.8. The monoisotopic (exact) mass is 542 g/mol. The van der Waals surface area contributed by atoms with E-state index in [-0.39, 0.29) is 17.5 Å². The van der Waals surface area contributed by atoms with Crippen LogP contribution < -0.4 is 10.9 Å². The minimum atomic E-state index is -0.177. The van der Waals surface area contributed by atoms with E-state index in [1.54, 1.807) is 48.8 Å². The molecule has 1 amide bonds. The Morgan fingerprint density at radius 3 is 2.49 bits per heavy atom. The van der Waals surface area contributed by atoms with E-state index in [2.05, 4.69) is 28.4 Å². The number of amides is 1. The molecule has 0 bridgehead atoms. The van der Waals surface area contributed by atoms with Gasteiger partial charge in [-0.05, 0) is 62.2 Å². The molecule has 0 aliphatic rings. The highest BCUT2D eigenvalue weighted by Crippen LogP contribution is 2.35. The molecule has 3 aromatic heterocycles. The fraction of sp³-hybridized carbons (Fsp3) is 0.267. The second-order valence-electron chi connectivity index (χ2n) is 10.0. The standard InChI is InChI=1S/C30H31ClN6O2/c1-7-37-28-23(16-32-37)26-21(14-17(2)15-22(26)30(39)36(28)6)18(3)33-24-12-13-25(31)34-27(24)19-8-10-20(11-9-19)29(38)35(4)5/h8-16,18,33H,7H2,1-6H3. The minimum Gasteiger partial charge on any atom is -0.377 e. The summed E-state index contributed by atoms with van der Waals surface area (Å²) in [6.07, 6.45) is 1.85. The molecule has 5 rings (SSSR count). The molecule has 0 aliphatic heterocycles. The molecular formula is C30H31ClN6O2. The summed E-state index contributed by atoms with van der Waals surface area (Å²) in [6, 6.07) is 14.9. The predicted molar refractivity (Wildman–Crippen MR) is 158 cm³/mol. The van der Waals surface area contributed by atoms with Crippen LogP contribution >= 0.6 is 11.6 Å². The Labute approximate surface area is 231 Å². The lowest BCUT2D eigenvalue weighted by Crippen LogP contribution is -2.21. The molecule has 1 N–H and O–H groups in total. The van der Waals surface area contributed by atoms with Gasteiger partial charge in [0.2, 0.25) is 0 Å². The Balaban J connectivity index is 1.62.